The van der Waals surface area contributed by atoms with Gasteiger partial charge in [0.25, 0.3) is 0 Å². The van der Waals surface area contributed by atoms with Crippen LogP contribution in [0.4, 0.5) is 0 Å². The van der Waals surface area contributed by atoms with E-state index in [0.717, 1.165) is 64.2 Å². The Hall–Kier alpha value is -1.72. The third kappa shape index (κ3) is 6.06. The van der Waals surface area contributed by atoms with Crippen LogP contribution in [0.3, 0.4) is 0 Å². The van der Waals surface area contributed by atoms with Crippen molar-refractivity contribution in [3.05, 3.63) is 0 Å². The number of cyclic esters (lactones) is 4. The van der Waals surface area contributed by atoms with Crippen molar-refractivity contribution in [2.45, 2.75) is 77.0 Å². The van der Waals surface area contributed by atoms with E-state index in [9.17, 15) is 19.2 Å². The molecular formula is C18H26O6. The van der Waals surface area contributed by atoms with Gasteiger partial charge in [0, 0.05) is 0 Å². The second-order valence-electron chi connectivity index (χ2n) is 6.79. The predicted molar refractivity (Wildman–Crippen MR) is 84.6 cm³/mol. The van der Waals surface area contributed by atoms with Gasteiger partial charge in [0.05, 0.1) is 24.7 Å². The van der Waals surface area contributed by atoms with E-state index in [1.807, 2.05) is 0 Å². The standard InChI is InChI=1S/C18H26O6/c19-15-11-13(17(21)23-15)9-7-5-3-1-2-4-6-8-10-14-12-16(20)24-18(14)22/h13-14H,1-12H2. The van der Waals surface area contributed by atoms with Crippen LogP contribution in [0, 0.1) is 11.8 Å². The smallest absolute Gasteiger partial charge is 0.317 e. The fraction of sp³-hybridized carbons (Fsp3) is 0.778. The van der Waals surface area contributed by atoms with Crippen molar-refractivity contribution < 1.29 is 28.7 Å². The minimum absolute atomic E-state index is 0.216. The Balaban J connectivity index is 1.37. The van der Waals surface area contributed by atoms with Gasteiger partial charge in [-0.2, -0.15) is 0 Å². The van der Waals surface area contributed by atoms with Gasteiger partial charge < -0.3 is 9.47 Å². The van der Waals surface area contributed by atoms with Gasteiger partial charge in [0.15, 0.2) is 0 Å². The molecule has 2 rings (SSSR count). The topological polar surface area (TPSA) is 86.7 Å². The van der Waals surface area contributed by atoms with Gasteiger partial charge in [-0.1, -0.05) is 51.4 Å². The number of hydrogen-bond donors (Lipinski definition) is 0. The Morgan fingerprint density at radius 2 is 0.917 bits per heavy atom. The van der Waals surface area contributed by atoms with Crippen LogP contribution in [0.15, 0.2) is 0 Å². The summed E-state index contributed by atoms with van der Waals surface area (Å²) in [5.41, 5.74) is 0. The molecular weight excluding hydrogens is 312 g/mol. The van der Waals surface area contributed by atoms with Gasteiger partial charge in [-0.05, 0) is 12.8 Å². The monoisotopic (exact) mass is 338 g/mol. The highest BCUT2D eigenvalue weighted by atomic mass is 16.6. The van der Waals surface area contributed by atoms with E-state index < -0.39 is 0 Å². The van der Waals surface area contributed by atoms with Crippen LogP contribution in [0.25, 0.3) is 0 Å². The third-order valence-corrected chi connectivity index (χ3v) is 4.78. The summed E-state index contributed by atoms with van der Waals surface area (Å²) in [5, 5.41) is 0. The molecule has 0 amide bonds. The number of carbonyl (C=O) groups excluding carboxylic acids is 4. The number of rotatable bonds is 11. The molecule has 2 unspecified atom stereocenters. The summed E-state index contributed by atoms with van der Waals surface area (Å²) >= 11 is 0. The molecule has 2 saturated heterocycles. The van der Waals surface area contributed by atoms with Crippen LogP contribution in [0.5, 0.6) is 0 Å². The Morgan fingerprint density at radius 1 is 0.583 bits per heavy atom. The highest BCUT2D eigenvalue weighted by Crippen LogP contribution is 2.24. The summed E-state index contributed by atoms with van der Waals surface area (Å²) in [6.45, 7) is 0. The first-order valence-corrected chi connectivity index (χ1v) is 9.05. The molecule has 0 spiro atoms. The molecule has 0 aromatic heterocycles. The summed E-state index contributed by atoms with van der Waals surface area (Å²) < 4.78 is 9.06. The first-order valence-electron chi connectivity index (χ1n) is 9.05. The molecule has 2 aliphatic rings. The second kappa shape index (κ2) is 9.55. The van der Waals surface area contributed by atoms with Crippen LogP contribution in [-0.4, -0.2) is 23.9 Å². The Kier molecular flexibility index (Phi) is 7.40. The van der Waals surface area contributed by atoms with E-state index in [1.54, 1.807) is 0 Å². The maximum atomic E-state index is 11.3. The quantitative estimate of drug-likeness (QED) is 0.327. The lowest BCUT2D eigenvalue weighted by Crippen LogP contribution is -2.07. The molecule has 0 aliphatic carbocycles. The third-order valence-electron chi connectivity index (χ3n) is 4.78. The lowest BCUT2D eigenvalue weighted by Gasteiger charge is -2.05. The SMILES string of the molecule is O=C1CC(CCCCCCCCCCC2CC(=O)OC2=O)C(=O)O1. The molecule has 0 aromatic carbocycles. The average molecular weight is 338 g/mol. The fourth-order valence-electron chi connectivity index (χ4n) is 3.33. The molecule has 0 aromatic rings. The summed E-state index contributed by atoms with van der Waals surface area (Å²) in [6, 6.07) is 0. The summed E-state index contributed by atoms with van der Waals surface area (Å²) in [4.78, 5) is 44.5. The molecule has 2 fully saturated rings. The van der Waals surface area contributed by atoms with Crippen molar-refractivity contribution in [1.82, 2.24) is 0 Å². The van der Waals surface area contributed by atoms with Gasteiger partial charge in [-0.15, -0.1) is 0 Å². The highest BCUT2D eigenvalue weighted by molar-refractivity contribution is 5.95. The molecule has 6 heteroatoms. The van der Waals surface area contributed by atoms with Crippen molar-refractivity contribution >= 4 is 23.9 Å². The molecule has 2 heterocycles. The summed E-state index contributed by atoms with van der Waals surface area (Å²) in [7, 11) is 0. The predicted octanol–water partition coefficient (Wildman–Crippen LogP) is 3.07. The van der Waals surface area contributed by atoms with Gasteiger partial charge in [-0.25, -0.2) is 0 Å². The number of unbranched alkanes of at least 4 members (excludes halogenated alkanes) is 7. The lowest BCUT2D eigenvalue weighted by atomic mass is 9.97. The number of carbonyl (C=O) groups is 4. The lowest BCUT2D eigenvalue weighted by molar-refractivity contribution is -0.155. The number of hydrogen-bond acceptors (Lipinski definition) is 6. The Bertz CT molecular complexity index is 440. The van der Waals surface area contributed by atoms with Crippen molar-refractivity contribution in [3.8, 4) is 0 Å². The van der Waals surface area contributed by atoms with Crippen molar-refractivity contribution in [1.29, 1.82) is 0 Å². The first-order chi connectivity index (χ1) is 11.6. The molecule has 2 aliphatic heterocycles. The molecule has 2 atom stereocenters. The zero-order valence-electron chi connectivity index (χ0n) is 14.1. The van der Waals surface area contributed by atoms with E-state index in [2.05, 4.69) is 9.47 Å². The van der Waals surface area contributed by atoms with E-state index in [4.69, 9.17) is 0 Å². The Morgan fingerprint density at radius 3 is 1.21 bits per heavy atom. The van der Waals surface area contributed by atoms with Crippen LogP contribution < -0.4 is 0 Å². The van der Waals surface area contributed by atoms with E-state index in [1.165, 1.54) is 0 Å². The molecule has 0 bridgehead atoms. The van der Waals surface area contributed by atoms with Gasteiger partial charge in [-0.3, -0.25) is 19.2 Å². The van der Waals surface area contributed by atoms with Crippen molar-refractivity contribution in [2.75, 3.05) is 0 Å². The normalized spacial score (nSPS) is 23.7. The molecule has 134 valence electrons. The fourth-order valence-corrected chi connectivity index (χ4v) is 3.33. The molecule has 6 nitrogen and oxygen atoms in total. The zero-order valence-corrected chi connectivity index (χ0v) is 14.1. The van der Waals surface area contributed by atoms with Crippen LogP contribution >= 0.6 is 0 Å². The highest BCUT2D eigenvalue weighted by Gasteiger charge is 2.33. The first kappa shape index (κ1) is 18.6. The van der Waals surface area contributed by atoms with Crippen LogP contribution in [0.1, 0.15) is 77.0 Å². The van der Waals surface area contributed by atoms with Gasteiger partial charge in [0.1, 0.15) is 0 Å². The Labute approximate surface area is 142 Å². The summed E-state index contributed by atoms with van der Waals surface area (Å²) in [5.74, 6) is -1.92. The maximum Gasteiger partial charge on any atom is 0.317 e. The molecule has 0 radical (unpaired) electrons. The maximum absolute atomic E-state index is 11.3. The largest absolute Gasteiger partial charge is 0.393 e. The average Bonchev–Trinajstić information content (AvgIpc) is 3.02. The van der Waals surface area contributed by atoms with Crippen molar-refractivity contribution in [2.24, 2.45) is 11.8 Å². The molecule has 0 saturated carbocycles. The summed E-state index contributed by atoms with van der Waals surface area (Å²) in [6.07, 6.45) is 10.7. The van der Waals surface area contributed by atoms with E-state index >= 15 is 0 Å². The van der Waals surface area contributed by atoms with E-state index in [-0.39, 0.29) is 48.6 Å². The number of esters is 4. The molecule has 24 heavy (non-hydrogen) atoms. The second-order valence-corrected chi connectivity index (χ2v) is 6.79. The van der Waals surface area contributed by atoms with Crippen LogP contribution in [0.2, 0.25) is 0 Å². The van der Waals surface area contributed by atoms with Gasteiger partial charge >= 0.3 is 23.9 Å². The van der Waals surface area contributed by atoms with Crippen LogP contribution in [-0.2, 0) is 28.7 Å². The van der Waals surface area contributed by atoms with Crippen molar-refractivity contribution in [3.63, 3.8) is 0 Å². The van der Waals surface area contributed by atoms with E-state index in [0.29, 0.717) is 0 Å². The zero-order chi connectivity index (χ0) is 17.4. The minimum Gasteiger partial charge on any atom is -0.393 e. The molecule has 0 N–H and O–H groups in total. The minimum atomic E-state index is -0.389. The number of ether oxygens (including phenoxy) is 2. The van der Waals surface area contributed by atoms with Gasteiger partial charge in [0.2, 0.25) is 0 Å².